The van der Waals surface area contributed by atoms with Crippen LogP contribution in [0.25, 0.3) is 10.9 Å². The van der Waals surface area contributed by atoms with Gasteiger partial charge < -0.3 is 11.1 Å². The molecule has 0 aliphatic heterocycles. The first-order valence-electron chi connectivity index (χ1n) is 7.01. The molecule has 108 valence electrons. The van der Waals surface area contributed by atoms with Gasteiger partial charge in [-0.2, -0.15) is 5.10 Å². The number of hydrogen-bond donors (Lipinski definition) is 2. The standard InChI is InChI=1S/C16H19N5/c1-11-9-16(14-10-12(17)3-4-15(14)20-11)18-7-5-13-6-8-19-21(13)2/h3-4,6,8-10H,5,7,17H2,1-2H3,(H,18,20). The number of anilines is 2. The summed E-state index contributed by atoms with van der Waals surface area (Å²) in [7, 11) is 1.96. The molecular formula is C16H19N5. The summed E-state index contributed by atoms with van der Waals surface area (Å²) in [6, 6.07) is 9.91. The van der Waals surface area contributed by atoms with Gasteiger partial charge in [-0.05, 0) is 37.3 Å². The summed E-state index contributed by atoms with van der Waals surface area (Å²) in [5.74, 6) is 0. The molecule has 2 aromatic heterocycles. The Labute approximate surface area is 123 Å². The number of hydrogen-bond acceptors (Lipinski definition) is 4. The highest BCUT2D eigenvalue weighted by Crippen LogP contribution is 2.25. The Hall–Kier alpha value is -2.56. The predicted octanol–water partition coefficient (Wildman–Crippen LogP) is 2.51. The highest BCUT2D eigenvalue weighted by molar-refractivity contribution is 5.93. The Morgan fingerprint density at radius 1 is 1.24 bits per heavy atom. The average molecular weight is 281 g/mol. The van der Waals surface area contributed by atoms with Crippen molar-refractivity contribution in [2.45, 2.75) is 13.3 Å². The number of fused-ring (bicyclic) bond motifs is 1. The van der Waals surface area contributed by atoms with Crippen molar-refractivity contribution in [2.75, 3.05) is 17.6 Å². The number of aromatic nitrogens is 3. The van der Waals surface area contributed by atoms with Gasteiger partial charge in [0.2, 0.25) is 0 Å². The number of nitrogens with two attached hydrogens (primary N) is 1. The summed E-state index contributed by atoms with van der Waals surface area (Å²) in [5.41, 5.74) is 10.9. The van der Waals surface area contributed by atoms with Gasteiger partial charge in [0.15, 0.2) is 0 Å². The summed E-state index contributed by atoms with van der Waals surface area (Å²) >= 11 is 0. The van der Waals surface area contributed by atoms with Crippen molar-refractivity contribution >= 4 is 22.3 Å². The maximum absolute atomic E-state index is 5.89. The number of nitrogens with zero attached hydrogens (tertiary/aromatic N) is 3. The quantitative estimate of drug-likeness (QED) is 0.721. The number of nitrogens with one attached hydrogen (secondary N) is 1. The van der Waals surface area contributed by atoms with E-state index in [4.69, 9.17) is 5.73 Å². The molecule has 1 aromatic carbocycles. The third-order valence-electron chi connectivity index (χ3n) is 3.58. The lowest BCUT2D eigenvalue weighted by Gasteiger charge is -2.11. The van der Waals surface area contributed by atoms with Gasteiger partial charge in [0.05, 0.1) is 5.52 Å². The van der Waals surface area contributed by atoms with Crippen molar-refractivity contribution in [3.05, 3.63) is 47.9 Å². The smallest absolute Gasteiger partial charge is 0.0727 e. The summed E-state index contributed by atoms with van der Waals surface area (Å²) in [5, 5.41) is 8.73. The monoisotopic (exact) mass is 281 g/mol. The second kappa shape index (κ2) is 5.44. The first kappa shape index (κ1) is 13.4. The van der Waals surface area contributed by atoms with Crippen molar-refractivity contribution < 1.29 is 0 Å². The Bertz CT molecular complexity index is 775. The molecule has 0 amide bonds. The first-order valence-corrected chi connectivity index (χ1v) is 7.01. The normalized spacial score (nSPS) is 11.0. The van der Waals surface area contributed by atoms with Gasteiger partial charge in [-0.1, -0.05) is 0 Å². The molecule has 0 saturated carbocycles. The van der Waals surface area contributed by atoms with Crippen molar-refractivity contribution in [3.8, 4) is 0 Å². The minimum Gasteiger partial charge on any atom is -0.399 e. The van der Waals surface area contributed by atoms with Crippen LogP contribution < -0.4 is 11.1 Å². The zero-order valence-electron chi connectivity index (χ0n) is 12.3. The molecule has 3 rings (SSSR count). The second-order valence-corrected chi connectivity index (χ2v) is 5.21. The molecule has 5 heteroatoms. The Kier molecular flexibility index (Phi) is 3.48. The number of rotatable bonds is 4. The van der Waals surface area contributed by atoms with E-state index in [1.165, 1.54) is 5.69 Å². The third-order valence-corrected chi connectivity index (χ3v) is 3.58. The molecular weight excluding hydrogens is 262 g/mol. The van der Waals surface area contributed by atoms with Crippen LogP contribution in [-0.2, 0) is 13.5 Å². The van der Waals surface area contributed by atoms with Crippen LogP contribution in [0.5, 0.6) is 0 Å². The van der Waals surface area contributed by atoms with Crippen LogP contribution in [-0.4, -0.2) is 21.3 Å². The molecule has 2 heterocycles. The molecule has 5 nitrogen and oxygen atoms in total. The minimum atomic E-state index is 0.753. The van der Waals surface area contributed by atoms with E-state index < -0.39 is 0 Å². The fourth-order valence-corrected chi connectivity index (χ4v) is 2.49. The molecule has 0 unspecified atom stereocenters. The van der Waals surface area contributed by atoms with E-state index in [0.717, 1.165) is 40.9 Å². The van der Waals surface area contributed by atoms with Crippen molar-refractivity contribution in [2.24, 2.45) is 7.05 Å². The Balaban J connectivity index is 1.83. The summed E-state index contributed by atoms with van der Waals surface area (Å²) in [4.78, 5) is 4.54. The zero-order chi connectivity index (χ0) is 14.8. The number of nitrogen functional groups attached to an aromatic ring is 1. The Morgan fingerprint density at radius 2 is 2.10 bits per heavy atom. The van der Waals surface area contributed by atoms with E-state index >= 15 is 0 Å². The molecule has 0 fully saturated rings. The van der Waals surface area contributed by atoms with Crippen LogP contribution in [0, 0.1) is 6.92 Å². The van der Waals surface area contributed by atoms with Crippen molar-refractivity contribution in [3.63, 3.8) is 0 Å². The van der Waals surface area contributed by atoms with E-state index in [9.17, 15) is 0 Å². The molecule has 21 heavy (non-hydrogen) atoms. The van der Waals surface area contributed by atoms with E-state index in [1.807, 2.05) is 49.1 Å². The molecule has 0 radical (unpaired) electrons. The lowest BCUT2D eigenvalue weighted by Crippen LogP contribution is -2.09. The van der Waals surface area contributed by atoms with Crippen LogP contribution in [0.2, 0.25) is 0 Å². The molecule has 0 aliphatic rings. The topological polar surface area (TPSA) is 68.8 Å². The highest BCUT2D eigenvalue weighted by Gasteiger charge is 2.05. The maximum Gasteiger partial charge on any atom is 0.0727 e. The summed E-state index contributed by atoms with van der Waals surface area (Å²) in [6.45, 7) is 2.84. The molecule has 0 aliphatic carbocycles. The first-order chi connectivity index (χ1) is 10.1. The van der Waals surface area contributed by atoms with Crippen LogP contribution in [0.15, 0.2) is 36.5 Å². The van der Waals surface area contributed by atoms with Crippen LogP contribution in [0.1, 0.15) is 11.4 Å². The highest BCUT2D eigenvalue weighted by atomic mass is 15.3. The van der Waals surface area contributed by atoms with Gasteiger partial charge in [-0.3, -0.25) is 9.67 Å². The lowest BCUT2D eigenvalue weighted by atomic mass is 10.1. The average Bonchev–Trinajstić information content (AvgIpc) is 2.85. The largest absolute Gasteiger partial charge is 0.399 e. The fraction of sp³-hybridized carbons (Fsp3) is 0.250. The van der Waals surface area contributed by atoms with Crippen LogP contribution in [0.4, 0.5) is 11.4 Å². The van der Waals surface area contributed by atoms with E-state index in [1.54, 1.807) is 0 Å². The van der Waals surface area contributed by atoms with Crippen LogP contribution in [0.3, 0.4) is 0 Å². The fourth-order valence-electron chi connectivity index (χ4n) is 2.49. The van der Waals surface area contributed by atoms with Crippen LogP contribution >= 0.6 is 0 Å². The summed E-state index contributed by atoms with van der Waals surface area (Å²) in [6.07, 6.45) is 2.74. The van der Waals surface area contributed by atoms with Gasteiger partial charge in [0.25, 0.3) is 0 Å². The molecule has 0 saturated heterocycles. The minimum absolute atomic E-state index is 0.753. The lowest BCUT2D eigenvalue weighted by molar-refractivity contribution is 0.711. The second-order valence-electron chi connectivity index (χ2n) is 5.21. The van der Waals surface area contributed by atoms with Gasteiger partial charge in [0, 0.05) is 54.4 Å². The zero-order valence-corrected chi connectivity index (χ0v) is 12.3. The van der Waals surface area contributed by atoms with Crippen molar-refractivity contribution in [1.82, 2.24) is 14.8 Å². The maximum atomic E-state index is 5.89. The molecule has 0 atom stereocenters. The predicted molar refractivity (Wildman–Crippen MR) is 86.3 cm³/mol. The molecule has 3 aromatic rings. The molecule has 3 N–H and O–H groups in total. The SMILES string of the molecule is Cc1cc(NCCc2ccnn2C)c2cc(N)ccc2n1. The van der Waals surface area contributed by atoms with Gasteiger partial charge >= 0.3 is 0 Å². The van der Waals surface area contributed by atoms with Gasteiger partial charge in [0.1, 0.15) is 0 Å². The number of aryl methyl sites for hydroxylation is 2. The van der Waals surface area contributed by atoms with Gasteiger partial charge in [-0.25, -0.2) is 0 Å². The molecule has 0 spiro atoms. The third kappa shape index (κ3) is 2.81. The van der Waals surface area contributed by atoms with E-state index in [0.29, 0.717) is 0 Å². The Morgan fingerprint density at radius 3 is 2.86 bits per heavy atom. The molecule has 0 bridgehead atoms. The van der Waals surface area contributed by atoms with Crippen molar-refractivity contribution in [1.29, 1.82) is 0 Å². The summed E-state index contributed by atoms with van der Waals surface area (Å²) < 4.78 is 1.90. The van der Waals surface area contributed by atoms with E-state index in [2.05, 4.69) is 21.5 Å². The number of benzene rings is 1. The van der Waals surface area contributed by atoms with Gasteiger partial charge in [-0.15, -0.1) is 0 Å². The number of pyridine rings is 1. The van der Waals surface area contributed by atoms with E-state index in [-0.39, 0.29) is 0 Å².